The Kier molecular flexibility index (Phi) is 2.35. The number of benzene rings is 1. The molecule has 5 heteroatoms. The minimum atomic E-state index is -0.219. The van der Waals surface area contributed by atoms with Crippen molar-refractivity contribution >= 4 is 23.2 Å². The lowest BCUT2D eigenvalue weighted by atomic mass is 10.3. The van der Waals surface area contributed by atoms with Crippen LogP contribution in [0, 0.1) is 0 Å². The lowest BCUT2D eigenvalue weighted by molar-refractivity contribution is 0.987. The molecule has 0 aliphatic rings. The van der Waals surface area contributed by atoms with Crippen molar-refractivity contribution in [1.29, 1.82) is 0 Å². The summed E-state index contributed by atoms with van der Waals surface area (Å²) in [5, 5.41) is 1.00. The van der Waals surface area contributed by atoms with Crippen LogP contribution in [0.3, 0.4) is 0 Å². The molecular weight excluding hydrogens is 223 g/mol. The first-order chi connectivity index (χ1) is 6.66. The SMILES string of the molecule is O=c1[nH]ccn1-c1cc(Cl)cc(Cl)c1. The third kappa shape index (κ3) is 1.69. The number of halogens is 2. The second kappa shape index (κ2) is 3.52. The molecule has 14 heavy (non-hydrogen) atoms. The molecule has 0 saturated carbocycles. The summed E-state index contributed by atoms with van der Waals surface area (Å²) in [6.45, 7) is 0. The van der Waals surface area contributed by atoms with E-state index in [0.29, 0.717) is 15.7 Å². The van der Waals surface area contributed by atoms with Gasteiger partial charge < -0.3 is 4.98 Å². The number of nitrogens with one attached hydrogen (secondary N) is 1. The Hall–Kier alpha value is -1.19. The average molecular weight is 229 g/mol. The van der Waals surface area contributed by atoms with Gasteiger partial charge in [0.05, 0.1) is 5.69 Å². The Labute approximate surface area is 89.9 Å². The van der Waals surface area contributed by atoms with Gasteiger partial charge in [-0.3, -0.25) is 4.57 Å². The molecule has 1 heterocycles. The van der Waals surface area contributed by atoms with Gasteiger partial charge in [0, 0.05) is 22.4 Å². The normalized spacial score (nSPS) is 10.4. The van der Waals surface area contributed by atoms with Gasteiger partial charge in [-0.15, -0.1) is 0 Å². The Morgan fingerprint density at radius 2 is 1.79 bits per heavy atom. The van der Waals surface area contributed by atoms with E-state index in [0.717, 1.165) is 0 Å². The third-order valence-corrected chi connectivity index (χ3v) is 2.21. The molecule has 0 atom stereocenters. The molecule has 1 N–H and O–H groups in total. The van der Waals surface area contributed by atoms with Gasteiger partial charge >= 0.3 is 5.69 Å². The van der Waals surface area contributed by atoms with E-state index < -0.39 is 0 Å². The third-order valence-electron chi connectivity index (χ3n) is 1.77. The highest BCUT2D eigenvalue weighted by Gasteiger charge is 2.02. The van der Waals surface area contributed by atoms with Crippen LogP contribution >= 0.6 is 23.2 Å². The quantitative estimate of drug-likeness (QED) is 0.801. The van der Waals surface area contributed by atoms with Crippen molar-refractivity contribution in [1.82, 2.24) is 9.55 Å². The molecule has 0 saturated heterocycles. The molecule has 3 nitrogen and oxygen atoms in total. The largest absolute Gasteiger partial charge is 0.330 e. The molecule has 0 unspecified atom stereocenters. The smallest absolute Gasteiger partial charge is 0.312 e. The highest BCUT2D eigenvalue weighted by molar-refractivity contribution is 6.34. The number of hydrogen-bond donors (Lipinski definition) is 1. The fourth-order valence-corrected chi connectivity index (χ4v) is 1.72. The van der Waals surface area contributed by atoms with Crippen LogP contribution in [0.1, 0.15) is 0 Å². The van der Waals surface area contributed by atoms with Crippen LogP contribution in [0.15, 0.2) is 35.4 Å². The van der Waals surface area contributed by atoms with E-state index >= 15 is 0 Å². The number of aromatic nitrogens is 2. The first-order valence-corrected chi connectivity index (χ1v) is 4.65. The molecular formula is C9H6Cl2N2O. The first kappa shape index (κ1) is 9.37. The molecule has 0 aliphatic carbocycles. The van der Waals surface area contributed by atoms with E-state index in [1.165, 1.54) is 4.57 Å². The van der Waals surface area contributed by atoms with E-state index in [9.17, 15) is 4.79 Å². The molecule has 0 radical (unpaired) electrons. The number of rotatable bonds is 1. The predicted octanol–water partition coefficient (Wildman–Crippen LogP) is 2.47. The van der Waals surface area contributed by atoms with Crippen molar-refractivity contribution in [3.05, 3.63) is 51.1 Å². The van der Waals surface area contributed by atoms with E-state index in [4.69, 9.17) is 23.2 Å². The summed E-state index contributed by atoms with van der Waals surface area (Å²) in [7, 11) is 0. The van der Waals surface area contributed by atoms with Crippen molar-refractivity contribution in [3.63, 3.8) is 0 Å². The maximum Gasteiger partial charge on any atom is 0.330 e. The van der Waals surface area contributed by atoms with Gasteiger partial charge in [0.2, 0.25) is 0 Å². The number of H-pyrrole nitrogens is 1. The standard InChI is InChI=1S/C9H6Cl2N2O/c10-6-3-7(11)5-8(4-6)13-2-1-12-9(13)14/h1-5H,(H,12,14). The van der Waals surface area contributed by atoms with E-state index in [1.807, 2.05) is 0 Å². The Morgan fingerprint density at radius 3 is 2.29 bits per heavy atom. The number of imidazole rings is 1. The highest BCUT2D eigenvalue weighted by Crippen LogP contribution is 2.20. The summed E-state index contributed by atoms with van der Waals surface area (Å²) < 4.78 is 1.43. The van der Waals surface area contributed by atoms with E-state index in [-0.39, 0.29) is 5.69 Å². The first-order valence-electron chi connectivity index (χ1n) is 3.89. The highest BCUT2D eigenvalue weighted by atomic mass is 35.5. The molecule has 2 aromatic rings. The minimum absolute atomic E-state index is 0.219. The van der Waals surface area contributed by atoms with E-state index in [2.05, 4.69) is 4.98 Å². The van der Waals surface area contributed by atoms with Gasteiger partial charge in [-0.25, -0.2) is 4.79 Å². The number of hydrogen-bond acceptors (Lipinski definition) is 1. The summed E-state index contributed by atoms with van der Waals surface area (Å²) in [6.07, 6.45) is 3.17. The van der Waals surface area contributed by atoms with Crippen LogP contribution in [0.25, 0.3) is 5.69 Å². The van der Waals surface area contributed by atoms with Crippen LogP contribution in [-0.2, 0) is 0 Å². The van der Waals surface area contributed by atoms with Gasteiger partial charge in [0.15, 0.2) is 0 Å². The molecule has 0 bridgehead atoms. The van der Waals surface area contributed by atoms with Gasteiger partial charge in [-0.2, -0.15) is 0 Å². The lowest BCUT2D eigenvalue weighted by Crippen LogP contribution is -2.13. The van der Waals surface area contributed by atoms with Gasteiger partial charge in [0.1, 0.15) is 0 Å². The monoisotopic (exact) mass is 228 g/mol. The van der Waals surface area contributed by atoms with Gasteiger partial charge in [-0.1, -0.05) is 23.2 Å². The summed E-state index contributed by atoms with van der Waals surface area (Å²) in [6, 6.07) is 4.95. The molecule has 2 rings (SSSR count). The Morgan fingerprint density at radius 1 is 1.14 bits per heavy atom. The fraction of sp³-hybridized carbons (Fsp3) is 0. The summed E-state index contributed by atoms with van der Waals surface area (Å²) in [4.78, 5) is 13.8. The van der Waals surface area contributed by atoms with Crippen LogP contribution in [0.4, 0.5) is 0 Å². The molecule has 0 spiro atoms. The summed E-state index contributed by atoms with van der Waals surface area (Å²) in [5.41, 5.74) is 0.428. The number of aromatic amines is 1. The zero-order chi connectivity index (χ0) is 10.1. The second-order valence-electron chi connectivity index (χ2n) is 2.76. The lowest BCUT2D eigenvalue weighted by Gasteiger charge is -2.02. The molecule has 72 valence electrons. The zero-order valence-electron chi connectivity index (χ0n) is 7.00. The molecule has 1 aromatic carbocycles. The van der Waals surface area contributed by atoms with Gasteiger partial charge in [-0.05, 0) is 18.2 Å². The second-order valence-corrected chi connectivity index (χ2v) is 3.64. The van der Waals surface area contributed by atoms with Crippen LogP contribution in [0.5, 0.6) is 0 Å². The van der Waals surface area contributed by atoms with Crippen molar-refractivity contribution in [2.45, 2.75) is 0 Å². The number of nitrogens with zero attached hydrogens (tertiary/aromatic N) is 1. The van der Waals surface area contributed by atoms with Gasteiger partial charge in [0.25, 0.3) is 0 Å². The molecule has 0 aliphatic heterocycles. The van der Waals surface area contributed by atoms with Crippen molar-refractivity contribution in [2.24, 2.45) is 0 Å². The fourth-order valence-electron chi connectivity index (χ4n) is 1.20. The summed E-state index contributed by atoms with van der Waals surface area (Å²) >= 11 is 11.6. The van der Waals surface area contributed by atoms with Crippen LogP contribution in [0.2, 0.25) is 10.0 Å². The Bertz CT molecular complexity index is 495. The van der Waals surface area contributed by atoms with Crippen LogP contribution < -0.4 is 5.69 Å². The van der Waals surface area contributed by atoms with Crippen molar-refractivity contribution in [3.8, 4) is 5.69 Å². The summed E-state index contributed by atoms with van der Waals surface area (Å²) in [5.74, 6) is 0. The molecule has 0 fully saturated rings. The topological polar surface area (TPSA) is 37.8 Å². The molecule has 0 amide bonds. The maximum atomic E-state index is 11.3. The molecule has 1 aromatic heterocycles. The van der Waals surface area contributed by atoms with Crippen molar-refractivity contribution in [2.75, 3.05) is 0 Å². The zero-order valence-corrected chi connectivity index (χ0v) is 8.51. The van der Waals surface area contributed by atoms with Crippen LogP contribution in [-0.4, -0.2) is 9.55 Å². The van der Waals surface area contributed by atoms with E-state index in [1.54, 1.807) is 30.6 Å². The minimum Gasteiger partial charge on any atom is -0.312 e. The van der Waals surface area contributed by atoms with Crippen molar-refractivity contribution < 1.29 is 0 Å². The predicted molar refractivity (Wildman–Crippen MR) is 56.4 cm³/mol. The average Bonchev–Trinajstić information content (AvgIpc) is 2.49. The Balaban J connectivity index is 2.63. The maximum absolute atomic E-state index is 11.3.